The molecule has 0 aliphatic carbocycles. The molecule has 0 bridgehead atoms. The van der Waals surface area contributed by atoms with E-state index in [0.29, 0.717) is 41.2 Å². The van der Waals surface area contributed by atoms with Crippen molar-refractivity contribution in [3.05, 3.63) is 82.3 Å². The highest BCUT2D eigenvalue weighted by atomic mass is 35.5. The maximum absolute atomic E-state index is 13.7. The number of anilines is 2. The molecule has 3 aromatic rings. The molecule has 4 N–H and O–H groups in total. The molecule has 43 heavy (non-hydrogen) atoms. The quantitative estimate of drug-likeness (QED) is 0.271. The summed E-state index contributed by atoms with van der Waals surface area (Å²) < 4.78 is 31.9. The van der Waals surface area contributed by atoms with E-state index in [0.717, 1.165) is 36.0 Å². The Bertz CT molecular complexity index is 1550. The van der Waals surface area contributed by atoms with Gasteiger partial charge in [0.05, 0.1) is 47.8 Å². The van der Waals surface area contributed by atoms with Gasteiger partial charge in [-0.2, -0.15) is 0 Å². The van der Waals surface area contributed by atoms with Gasteiger partial charge >= 0.3 is 0 Å². The third-order valence-electron chi connectivity index (χ3n) is 7.12. The summed E-state index contributed by atoms with van der Waals surface area (Å²) in [5, 5.41) is 3.81. The minimum absolute atomic E-state index is 0.198. The molecule has 1 aliphatic rings. The van der Waals surface area contributed by atoms with Gasteiger partial charge in [-0.1, -0.05) is 65.7 Å². The van der Waals surface area contributed by atoms with Crippen LogP contribution in [-0.2, 0) is 24.3 Å². The molecule has 4 rings (SSSR count). The van der Waals surface area contributed by atoms with E-state index in [4.69, 9.17) is 33.7 Å². The van der Waals surface area contributed by atoms with Gasteiger partial charge in [-0.25, -0.2) is 8.42 Å². The van der Waals surface area contributed by atoms with Gasteiger partial charge in [0, 0.05) is 30.9 Å². The molecule has 1 heterocycles. The van der Waals surface area contributed by atoms with E-state index >= 15 is 0 Å². The zero-order chi connectivity index (χ0) is 31.1. The van der Waals surface area contributed by atoms with Gasteiger partial charge in [0.25, 0.3) is 0 Å². The third kappa shape index (κ3) is 9.07. The predicted molar refractivity (Wildman–Crippen MR) is 171 cm³/mol. The number of nitrogens with two attached hydrogens (primary N) is 1. The molecule has 3 aromatic carbocycles. The second-order valence-electron chi connectivity index (χ2n) is 10.4. The summed E-state index contributed by atoms with van der Waals surface area (Å²) in [6, 6.07) is 18.5. The molecule has 13 heteroatoms. The highest BCUT2D eigenvalue weighted by molar-refractivity contribution is 7.92. The van der Waals surface area contributed by atoms with E-state index in [2.05, 4.69) is 14.9 Å². The smallest absolute Gasteiger partial charge is 0.242 e. The lowest BCUT2D eigenvalue weighted by molar-refractivity contribution is -0.123. The number of carbonyl (C=O) groups is 2. The Kier molecular flexibility index (Phi) is 10.9. The van der Waals surface area contributed by atoms with Gasteiger partial charge in [0.15, 0.2) is 0 Å². The van der Waals surface area contributed by atoms with Crippen LogP contribution in [-0.4, -0.2) is 76.8 Å². The summed E-state index contributed by atoms with van der Waals surface area (Å²) in [5.74, 6) is -0.908. The number of primary amides is 1. The summed E-state index contributed by atoms with van der Waals surface area (Å²) in [5.41, 5.74) is 8.94. The summed E-state index contributed by atoms with van der Waals surface area (Å²) in [7, 11) is -3.47. The molecule has 0 radical (unpaired) electrons. The van der Waals surface area contributed by atoms with Gasteiger partial charge in [-0.15, -0.1) is 0 Å². The average Bonchev–Trinajstić information content (AvgIpc) is 2.97. The number of morpholine rings is 1. The standard InChI is InChI=1S/C30H35Cl2N5O5S/c1-20(37(19-29(33)38)23-11-12-25(31)26(32)17-23)30(39)34-28(18-36-13-15-42-16-14-36)22-9-7-21(8-10-22)24-5-3-4-6-27(24)35-43(2,40)41/h3-12,17,20,28,35H,13-16,18-19H2,1-2H3,(H2,33,38)(H,34,39). The minimum Gasteiger partial charge on any atom is -0.379 e. The van der Waals surface area contributed by atoms with Crippen molar-refractivity contribution in [1.82, 2.24) is 10.2 Å². The third-order valence-corrected chi connectivity index (χ3v) is 8.45. The first-order valence-electron chi connectivity index (χ1n) is 13.7. The monoisotopic (exact) mass is 647 g/mol. The predicted octanol–water partition coefficient (Wildman–Crippen LogP) is 3.90. The van der Waals surface area contributed by atoms with Crippen LogP contribution in [0.3, 0.4) is 0 Å². The van der Waals surface area contributed by atoms with Crippen LogP contribution in [0.5, 0.6) is 0 Å². The summed E-state index contributed by atoms with van der Waals surface area (Å²) >= 11 is 12.3. The van der Waals surface area contributed by atoms with E-state index in [1.807, 2.05) is 36.4 Å². The molecule has 230 valence electrons. The van der Waals surface area contributed by atoms with Gasteiger partial charge in [0.2, 0.25) is 21.8 Å². The number of rotatable bonds is 12. The molecule has 0 spiro atoms. The number of sulfonamides is 1. The summed E-state index contributed by atoms with van der Waals surface area (Å²) in [4.78, 5) is 29.5. The average molecular weight is 649 g/mol. The Balaban J connectivity index is 1.60. The number of hydrogen-bond donors (Lipinski definition) is 3. The van der Waals surface area contributed by atoms with Crippen molar-refractivity contribution in [1.29, 1.82) is 0 Å². The van der Waals surface area contributed by atoms with Crippen molar-refractivity contribution in [2.75, 3.05) is 55.3 Å². The largest absolute Gasteiger partial charge is 0.379 e. The number of halogens is 2. The van der Waals surface area contributed by atoms with Crippen molar-refractivity contribution >= 4 is 56.4 Å². The first-order valence-corrected chi connectivity index (χ1v) is 16.3. The molecule has 2 atom stereocenters. The van der Waals surface area contributed by atoms with Crippen molar-refractivity contribution < 1.29 is 22.7 Å². The maximum Gasteiger partial charge on any atom is 0.242 e. The first kappa shape index (κ1) is 32.6. The lowest BCUT2D eigenvalue weighted by Crippen LogP contribution is -2.51. The number of carbonyl (C=O) groups excluding carboxylic acids is 2. The normalized spacial score (nSPS) is 15.3. The van der Waals surface area contributed by atoms with Crippen molar-refractivity contribution in [2.45, 2.75) is 19.0 Å². The number of para-hydroxylation sites is 1. The molecular formula is C30H35Cl2N5O5S. The van der Waals surface area contributed by atoms with E-state index in [9.17, 15) is 18.0 Å². The number of amides is 2. The molecule has 0 saturated carbocycles. The molecule has 2 unspecified atom stereocenters. The number of nitrogens with zero attached hydrogens (tertiary/aromatic N) is 2. The Labute approximate surface area is 262 Å². The summed E-state index contributed by atoms with van der Waals surface area (Å²) in [6.07, 6.45) is 1.11. The fourth-order valence-electron chi connectivity index (χ4n) is 4.91. The molecule has 1 fully saturated rings. The van der Waals surface area contributed by atoms with Gasteiger partial charge < -0.3 is 20.7 Å². The topological polar surface area (TPSA) is 134 Å². The van der Waals surface area contributed by atoms with Gasteiger partial charge in [-0.05, 0) is 42.3 Å². The van der Waals surface area contributed by atoms with Crippen LogP contribution >= 0.6 is 23.2 Å². The van der Waals surface area contributed by atoms with Crippen molar-refractivity contribution in [2.24, 2.45) is 5.73 Å². The zero-order valence-electron chi connectivity index (χ0n) is 23.9. The van der Waals surface area contributed by atoms with Crippen LogP contribution in [0, 0.1) is 0 Å². The van der Waals surface area contributed by atoms with Crippen molar-refractivity contribution in [3.63, 3.8) is 0 Å². The highest BCUT2D eigenvalue weighted by Gasteiger charge is 2.28. The fraction of sp³-hybridized carbons (Fsp3) is 0.333. The van der Waals surface area contributed by atoms with Crippen LogP contribution in [0.25, 0.3) is 11.1 Å². The van der Waals surface area contributed by atoms with E-state index in [-0.39, 0.29) is 12.5 Å². The fourth-order valence-corrected chi connectivity index (χ4v) is 5.78. The van der Waals surface area contributed by atoms with Gasteiger partial charge in [0.1, 0.15) is 6.04 Å². The molecule has 10 nitrogen and oxygen atoms in total. The zero-order valence-corrected chi connectivity index (χ0v) is 26.3. The number of benzene rings is 3. The van der Waals surface area contributed by atoms with Gasteiger partial charge in [-0.3, -0.25) is 19.2 Å². The van der Waals surface area contributed by atoms with Crippen LogP contribution in [0.1, 0.15) is 18.5 Å². The number of nitrogens with one attached hydrogen (secondary N) is 2. The number of ether oxygens (including phenoxy) is 1. The summed E-state index contributed by atoms with van der Waals surface area (Å²) in [6.45, 7) is 4.69. The SMILES string of the molecule is CC(C(=O)NC(CN1CCOCC1)c1ccc(-c2ccccc2NS(C)(=O)=O)cc1)N(CC(N)=O)c1ccc(Cl)c(Cl)c1. The Hall–Kier alpha value is -3.35. The van der Waals surface area contributed by atoms with Crippen LogP contribution < -0.4 is 20.7 Å². The maximum atomic E-state index is 13.7. The van der Waals surface area contributed by atoms with E-state index < -0.39 is 28.0 Å². The van der Waals surface area contributed by atoms with Crippen LogP contribution in [0.15, 0.2) is 66.7 Å². The second kappa shape index (κ2) is 14.4. The van der Waals surface area contributed by atoms with E-state index in [1.54, 1.807) is 42.2 Å². The van der Waals surface area contributed by atoms with Crippen molar-refractivity contribution in [3.8, 4) is 11.1 Å². The Morgan fingerprint density at radius 1 is 1.02 bits per heavy atom. The Morgan fingerprint density at radius 3 is 2.33 bits per heavy atom. The lowest BCUT2D eigenvalue weighted by Gasteiger charge is -2.34. The molecule has 2 amide bonds. The highest BCUT2D eigenvalue weighted by Crippen LogP contribution is 2.31. The molecular weight excluding hydrogens is 613 g/mol. The van der Waals surface area contributed by atoms with Crippen LogP contribution in [0.2, 0.25) is 10.0 Å². The Morgan fingerprint density at radius 2 is 1.70 bits per heavy atom. The number of hydrogen-bond acceptors (Lipinski definition) is 7. The second-order valence-corrected chi connectivity index (χ2v) is 12.9. The van der Waals surface area contributed by atoms with Crippen LogP contribution in [0.4, 0.5) is 11.4 Å². The lowest BCUT2D eigenvalue weighted by atomic mass is 9.99. The molecule has 0 aromatic heterocycles. The minimum atomic E-state index is -3.47. The molecule has 1 saturated heterocycles. The molecule has 1 aliphatic heterocycles. The van der Waals surface area contributed by atoms with E-state index in [1.165, 1.54) is 0 Å². The first-order chi connectivity index (χ1) is 20.4.